The first-order valence-electron chi connectivity index (χ1n) is 11.9. The Kier molecular flexibility index (Phi) is 11.2. The lowest BCUT2D eigenvalue weighted by Crippen LogP contribution is -2.51. The van der Waals surface area contributed by atoms with Gasteiger partial charge in [-0.2, -0.15) is 26.3 Å². The SMILES string of the molecule is Cc1cncc2cccc(N3CCN(C(=O)C(N)c4ccc(F)cc4)CC3)c12.O=C(O)C(F)(F)F.O=C(O)C(F)(F)F. The third-order valence-electron chi connectivity index (χ3n) is 5.86. The molecule has 1 aromatic heterocycles. The van der Waals surface area contributed by atoms with E-state index in [1.807, 2.05) is 18.5 Å². The van der Waals surface area contributed by atoms with E-state index in [-0.39, 0.29) is 11.7 Å². The summed E-state index contributed by atoms with van der Waals surface area (Å²) in [7, 11) is 0. The molecule has 0 radical (unpaired) electrons. The van der Waals surface area contributed by atoms with Gasteiger partial charge in [0.25, 0.3) is 0 Å². The summed E-state index contributed by atoms with van der Waals surface area (Å²) in [6.07, 6.45) is -6.40. The molecule has 2 heterocycles. The summed E-state index contributed by atoms with van der Waals surface area (Å²) in [6.45, 7) is 4.76. The van der Waals surface area contributed by atoms with Crippen LogP contribution in [0.2, 0.25) is 0 Å². The van der Waals surface area contributed by atoms with Crippen molar-refractivity contribution in [1.82, 2.24) is 9.88 Å². The number of amides is 1. The Morgan fingerprint density at radius 1 is 0.857 bits per heavy atom. The first-order chi connectivity index (χ1) is 19.4. The minimum atomic E-state index is -5.08. The van der Waals surface area contributed by atoms with Crippen LogP contribution in [0.25, 0.3) is 10.8 Å². The number of carboxylic acids is 2. The molecule has 4 rings (SSSR count). The fourth-order valence-corrected chi connectivity index (χ4v) is 3.83. The first-order valence-corrected chi connectivity index (χ1v) is 11.9. The van der Waals surface area contributed by atoms with Gasteiger partial charge in [-0.05, 0) is 36.2 Å². The molecule has 1 unspecified atom stereocenters. The highest BCUT2D eigenvalue weighted by molar-refractivity contribution is 5.96. The van der Waals surface area contributed by atoms with Gasteiger partial charge in [-0.15, -0.1) is 0 Å². The first kappa shape index (κ1) is 33.7. The number of piperazine rings is 1. The van der Waals surface area contributed by atoms with Crippen molar-refractivity contribution in [2.75, 3.05) is 31.1 Å². The van der Waals surface area contributed by atoms with Gasteiger partial charge in [0.15, 0.2) is 0 Å². The zero-order valence-corrected chi connectivity index (χ0v) is 21.8. The Morgan fingerprint density at radius 3 is 1.83 bits per heavy atom. The molecular weight excluding hydrogens is 581 g/mol. The molecule has 1 fully saturated rings. The van der Waals surface area contributed by atoms with Crippen molar-refractivity contribution in [2.45, 2.75) is 25.3 Å². The molecule has 42 heavy (non-hydrogen) atoms. The molecule has 3 aromatic rings. The second kappa shape index (κ2) is 13.9. The standard InChI is InChI=1S/C22H23FN4O.2C2HF3O2/c1-15-13-25-14-17-3-2-4-19(20(15)17)26-9-11-27(12-10-26)22(28)21(24)16-5-7-18(23)8-6-16;2*3-2(4,5)1(6)7/h2-8,13-14,21H,9-12,24H2,1H3;2*(H,6,7). The number of carboxylic acid groups (broad SMARTS) is 2. The Bertz CT molecular complexity index is 1360. The molecule has 228 valence electrons. The molecule has 0 spiro atoms. The number of nitrogens with two attached hydrogens (primary N) is 1. The zero-order chi connectivity index (χ0) is 31.8. The molecule has 16 heteroatoms. The molecule has 9 nitrogen and oxygen atoms in total. The number of aliphatic carboxylic acids is 2. The largest absolute Gasteiger partial charge is 0.490 e. The maximum Gasteiger partial charge on any atom is 0.490 e. The molecule has 0 bridgehead atoms. The van der Waals surface area contributed by atoms with Crippen LogP contribution in [-0.4, -0.2) is 76.5 Å². The van der Waals surface area contributed by atoms with Gasteiger partial charge in [-0.3, -0.25) is 9.78 Å². The number of hydrogen-bond acceptors (Lipinski definition) is 6. The van der Waals surface area contributed by atoms with Crippen LogP contribution in [0.5, 0.6) is 0 Å². The number of hydrogen-bond donors (Lipinski definition) is 3. The average molecular weight is 606 g/mol. The van der Waals surface area contributed by atoms with Crippen LogP contribution in [0.1, 0.15) is 17.2 Å². The van der Waals surface area contributed by atoms with E-state index >= 15 is 0 Å². The number of halogens is 7. The van der Waals surface area contributed by atoms with E-state index in [1.54, 1.807) is 17.0 Å². The van der Waals surface area contributed by atoms with Crippen molar-refractivity contribution in [3.05, 3.63) is 71.8 Å². The van der Waals surface area contributed by atoms with Crippen LogP contribution < -0.4 is 10.6 Å². The summed E-state index contributed by atoms with van der Waals surface area (Å²) in [5.41, 5.74) is 9.07. The highest BCUT2D eigenvalue weighted by atomic mass is 19.4. The van der Waals surface area contributed by atoms with Crippen LogP contribution in [0.3, 0.4) is 0 Å². The predicted octanol–water partition coefficient (Wildman–Crippen LogP) is 4.30. The van der Waals surface area contributed by atoms with Crippen molar-refractivity contribution in [1.29, 1.82) is 0 Å². The van der Waals surface area contributed by atoms with Gasteiger partial charge in [0.1, 0.15) is 11.9 Å². The Morgan fingerprint density at radius 2 is 1.36 bits per heavy atom. The zero-order valence-electron chi connectivity index (χ0n) is 21.8. The minimum absolute atomic E-state index is 0.121. The lowest BCUT2D eigenvalue weighted by atomic mass is 10.0. The summed E-state index contributed by atoms with van der Waals surface area (Å²) in [5.74, 6) is -5.97. The third kappa shape index (κ3) is 9.29. The number of carbonyl (C=O) groups excluding carboxylic acids is 1. The summed E-state index contributed by atoms with van der Waals surface area (Å²) in [6, 6.07) is 11.3. The number of fused-ring (bicyclic) bond motifs is 1. The number of alkyl halides is 6. The number of nitrogens with zero attached hydrogens (tertiary/aromatic N) is 3. The Balaban J connectivity index is 0.000000367. The Labute approximate surface area is 234 Å². The van der Waals surface area contributed by atoms with Crippen LogP contribution in [-0.2, 0) is 14.4 Å². The van der Waals surface area contributed by atoms with Gasteiger partial charge in [0.2, 0.25) is 5.91 Å². The number of benzene rings is 2. The molecule has 0 aliphatic carbocycles. The number of aryl methyl sites for hydroxylation is 1. The normalized spacial score (nSPS) is 14.2. The molecule has 4 N–H and O–H groups in total. The molecule has 1 aliphatic rings. The predicted molar refractivity (Wildman–Crippen MR) is 136 cm³/mol. The minimum Gasteiger partial charge on any atom is -0.475 e. The van der Waals surface area contributed by atoms with Crippen LogP contribution in [0.15, 0.2) is 54.9 Å². The molecule has 1 atom stereocenters. The van der Waals surface area contributed by atoms with Crippen molar-refractivity contribution in [2.24, 2.45) is 5.73 Å². The van der Waals surface area contributed by atoms with Gasteiger partial charge in [0, 0.05) is 55.0 Å². The van der Waals surface area contributed by atoms with E-state index in [1.165, 1.54) is 23.2 Å². The molecule has 1 aliphatic heterocycles. The summed E-state index contributed by atoms with van der Waals surface area (Å²) >= 11 is 0. The number of aromatic nitrogens is 1. The molecule has 1 saturated heterocycles. The molecule has 2 aromatic carbocycles. The lowest BCUT2D eigenvalue weighted by molar-refractivity contribution is -0.193. The average Bonchev–Trinajstić information content (AvgIpc) is 2.92. The van der Waals surface area contributed by atoms with Gasteiger partial charge in [-0.1, -0.05) is 24.3 Å². The fourth-order valence-electron chi connectivity index (χ4n) is 3.83. The van der Waals surface area contributed by atoms with Crippen molar-refractivity contribution in [3.8, 4) is 0 Å². The molecule has 0 saturated carbocycles. The van der Waals surface area contributed by atoms with Crippen molar-refractivity contribution >= 4 is 34.3 Å². The lowest BCUT2D eigenvalue weighted by Gasteiger charge is -2.37. The molecular formula is C26H25F7N4O5. The van der Waals surface area contributed by atoms with Crippen LogP contribution in [0.4, 0.5) is 36.4 Å². The quantitative estimate of drug-likeness (QED) is 0.376. The number of carbonyl (C=O) groups is 3. The van der Waals surface area contributed by atoms with Gasteiger partial charge in [-0.25, -0.2) is 14.0 Å². The van der Waals surface area contributed by atoms with Crippen molar-refractivity contribution < 1.29 is 55.3 Å². The van der Waals surface area contributed by atoms with E-state index in [9.17, 15) is 35.5 Å². The van der Waals surface area contributed by atoms with Gasteiger partial charge < -0.3 is 25.7 Å². The number of anilines is 1. The summed E-state index contributed by atoms with van der Waals surface area (Å²) in [4.78, 5) is 38.9. The van der Waals surface area contributed by atoms with Crippen molar-refractivity contribution in [3.63, 3.8) is 0 Å². The van der Waals surface area contributed by atoms with Crippen LogP contribution in [0, 0.1) is 12.7 Å². The fraction of sp³-hybridized carbons (Fsp3) is 0.308. The second-order valence-corrected chi connectivity index (χ2v) is 8.78. The van der Waals surface area contributed by atoms with E-state index in [2.05, 4.69) is 28.9 Å². The van der Waals surface area contributed by atoms with E-state index < -0.39 is 30.3 Å². The third-order valence-corrected chi connectivity index (χ3v) is 5.86. The van der Waals surface area contributed by atoms with E-state index in [4.69, 9.17) is 25.5 Å². The highest BCUT2D eigenvalue weighted by Crippen LogP contribution is 2.30. The monoisotopic (exact) mass is 606 g/mol. The van der Waals surface area contributed by atoms with Gasteiger partial charge >= 0.3 is 24.3 Å². The highest BCUT2D eigenvalue weighted by Gasteiger charge is 2.39. The number of rotatable bonds is 3. The maximum absolute atomic E-state index is 13.1. The molecule has 1 amide bonds. The second-order valence-electron chi connectivity index (χ2n) is 8.78. The maximum atomic E-state index is 13.1. The summed E-state index contributed by atoms with van der Waals surface area (Å²) in [5, 5.41) is 16.6. The van der Waals surface area contributed by atoms with Crippen LogP contribution >= 0.6 is 0 Å². The number of pyridine rings is 1. The van der Waals surface area contributed by atoms with Gasteiger partial charge in [0.05, 0.1) is 0 Å². The van der Waals surface area contributed by atoms with E-state index in [0.717, 1.165) is 24.0 Å². The smallest absolute Gasteiger partial charge is 0.475 e. The van der Waals surface area contributed by atoms with E-state index in [0.29, 0.717) is 18.7 Å². The summed E-state index contributed by atoms with van der Waals surface area (Å²) < 4.78 is 76.6. The topological polar surface area (TPSA) is 137 Å². The Hall–Kier alpha value is -4.47.